The summed E-state index contributed by atoms with van der Waals surface area (Å²) in [5.41, 5.74) is 1.00. The van der Waals surface area contributed by atoms with Gasteiger partial charge in [-0.25, -0.2) is 4.39 Å². The summed E-state index contributed by atoms with van der Waals surface area (Å²) in [6, 6.07) is 5.02. The van der Waals surface area contributed by atoms with E-state index < -0.39 is 0 Å². The summed E-state index contributed by atoms with van der Waals surface area (Å²) in [6.07, 6.45) is 2.57. The third kappa shape index (κ3) is 2.54. The molecule has 82 valence electrons. The molecule has 15 heavy (non-hydrogen) atoms. The van der Waals surface area contributed by atoms with Crippen LogP contribution in [-0.4, -0.2) is 0 Å². The molecule has 1 saturated carbocycles. The van der Waals surface area contributed by atoms with Gasteiger partial charge in [0, 0.05) is 0 Å². The smallest absolute Gasteiger partial charge is 0.137 e. The summed E-state index contributed by atoms with van der Waals surface area (Å²) in [6.45, 7) is 2.17. The maximum atomic E-state index is 13.0. The number of hydrogen-bond donors (Lipinski definition) is 0. The van der Waals surface area contributed by atoms with Crippen molar-refractivity contribution in [2.24, 2.45) is 11.8 Å². The fourth-order valence-corrected chi connectivity index (χ4v) is 2.59. The Balaban J connectivity index is 2.17. The average Bonchev–Trinajstić information content (AvgIpc) is 3.03. The van der Waals surface area contributed by atoms with Crippen molar-refractivity contribution in [2.45, 2.75) is 25.1 Å². The van der Waals surface area contributed by atoms with Crippen LogP contribution in [-0.2, 0) is 0 Å². The minimum Gasteiger partial charge on any atom is -0.206 e. The molecular formula is C12H13BrClF. The van der Waals surface area contributed by atoms with Crippen LogP contribution in [0.5, 0.6) is 0 Å². The fraction of sp³-hybridized carbons (Fsp3) is 0.500. The van der Waals surface area contributed by atoms with Crippen LogP contribution >= 0.6 is 27.5 Å². The Hall–Kier alpha value is -0.0800. The molecule has 2 unspecified atom stereocenters. The molecule has 0 saturated heterocycles. The Morgan fingerprint density at radius 1 is 1.47 bits per heavy atom. The molecule has 0 aromatic heterocycles. The van der Waals surface area contributed by atoms with Crippen molar-refractivity contribution < 1.29 is 4.39 Å². The van der Waals surface area contributed by atoms with Crippen LogP contribution in [0.15, 0.2) is 22.7 Å². The van der Waals surface area contributed by atoms with Crippen molar-refractivity contribution in [1.29, 1.82) is 0 Å². The first-order valence-electron chi connectivity index (χ1n) is 5.18. The van der Waals surface area contributed by atoms with Gasteiger partial charge < -0.3 is 0 Å². The first-order valence-corrected chi connectivity index (χ1v) is 6.41. The number of rotatable bonds is 3. The van der Waals surface area contributed by atoms with E-state index in [1.165, 1.54) is 18.9 Å². The molecule has 0 bridgehead atoms. The molecule has 0 aliphatic heterocycles. The van der Waals surface area contributed by atoms with E-state index in [9.17, 15) is 4.39 Å². The van der Waals surface area contributed by atoms with Crippen LogP contribution in [0.4, 0.5) is 4.39 Å². The molecule has 0 N–H and O–H groups in total. The summed E-state index contributed by atoms with van der Waals surface area (Å²) >= 11 is 9.56. The Kier molecular flexibility index (Phi) is 3.36. The van der Waals surface area contributed by atoms with E-state index in [0.717, 1.165) is 11.5 Å². The molecule has 1 aromatic carbocycles. The zero-order valence-electron chi connectivity index (χ0n) is 8.51. The Labute approximate surface area is 103 Å². The normalized spacial score (nSPS) is 20.0. The summed E-state index contributed by atoms with van der Waals surface area (Å²) in [7, 11) is 0. The van der Waals surface area contributed by atoms with E-state index in [4.69, 9.17) is 11.6 Å². The van der Waals surface area contributed by atoms with Crippen LogP contribution in [0.1, 0.15) is 30.7 Å². The predicted octanol–water partition coefficient (Wildman–Crippen LogP) is 4.91. The molecule has 1 aliphatic rings. The molecule has 0 heterocycles. The maximum Gasteiger partial charge on any atom is 0.137 e. The van der Waals surface area contributed by atoms with Gasteiger partial charge in [-0.1, -0.05) is 13.0 Å². The van der Waals surface area contributed by atoms with Crippen molar-refractivity contribution in [3.63, 3.8) is 0 Å². The lowest BCUT2D eigenvalue weighted by Crippen LogP contribution is -2.06. The lowest BCUT2D eigenvalue weighted by Gasteiger charge is -2.18. The highest BCUT2D eigenvalue weighted by molar-refractivity contribution is 9.10. The topological polar surface area (TPSA) is 0 Å². The second-order valence-corrected chi connectivity index (χ2v) is 5.60. The highest BCUT2D eigenvalue weighted by Crippen LogP contribution is 2.45. The quantitative estimate of drug-likeness (QED) is 0.694. The van der Waals surface area contributed by atoms with E-state index in [2.05, 4.69) is 22.9 Å². The van der Waals surface area contributed by atoms with Crippen molar-refractivity contribution >= 4 is 27.5 Å². The van der Waals surface area contributed by atoms with E-state index in [1.807, 2.05) is 0 Å². The minimum absolute atomic E-state index is 0.00519. The Morgan fingerprint density at radius 2 is 2.13 bits per heavy atom. The van der Waals surface area contributed by atoms with Gasteiger partial charge in [-0.15, -0.1) is 11.6 Å². The first-order chi connectivity index (χ1) is 7.09. The van der Waals surface area contributed by atoms with Crippen LogP contribution in [0, 0.1) is 17.7 Å². The van der Waals surface area contributed by atoms with Gasteiger partial charge in [-0.2, -0.15) is 0 Å². The molecule has 1 aromatic rings. The number of hydrogen-bond acceptors (Lipinski definition) is 0. The summed E-state index contributed by atoms with van der Waals surface area (Å²) in [5.74, 6) is 1.00. The van der Waals surface area contributed by atoms with Crippen LogP contribution in [0.3, 0.4) is 0 Å². The lowest BCUT2D eigenvalue weighted by atomic mass is 9.96. The molecule has 0 amide bonds. The minimum atomic E-state index is -0.235. The van der Waals surface area contributed by atoms with Gasteiger partial charge >= 0.3 is 0 Å². The Morgan fingerprint density at radius 3 is 2.67 bits per heavy atom. The molecule has 0 radical (unpaired) electrons. The number of alkyl halides is 1. The highest BCUT2D eigenvalue weighted by atomic mass is 79.9. The molecule has 3 heteroatoms. The molecule has 2 atom stereocenters. The van der Waals surface area contributed by atoms with Gasteiger partial charge in [-0.3, -0.25) is 0 Å². The van der Waals surface area contributed by atoms with Crippen molar-refractivity contribution in [2.75, 3.05) is 0 Å². The first kappa shape index (κ1) is 11.4. The van der Waals surface area contributed by atoms with E-state index in [0.29, 0.717) is 10.4 Å². The fourth-order valence-electron chi connectivity index (χ4n) is 1.85. The molecule has 2 rings (SSSR count). The maximum absolute atomic E-state index is 13.0. The van der Waals surface area contributed by atoms with Gasteiger partial charge in [0.05, 0.1) is 9.85 Å². The van der Waals surface area contributed by atoms with Crippen molar-refractivity contribution in [3.05, 3.63) is 34.1 Å². The zero-order valence-corrected chi connectivity index (χ0v) is 10.9. The SMILES string of the molecule is CC(C1CC1)C(Cl)c1ccc(F)c(Br)c1. The molecule has 1 fully saturated rings. The highest BCUT2D eigenvalue weighted by Gasteiger charge is 2.33. The third-order valence-corrected chi connectivity index (χ3v) is 4.35. The largest absolute Gasteiger partial charge is 0.206 e. The standard InChI is InChI=1S/C12H13BrClF/c1-7(8-2-3-8)12(14)9-4-5-11(15)10(13)6-9/h4-8,12H,2-3H2,1H3. The summed E-state index contributed by atoms with van der Waals surface area (Å²) in [5, 5.41) is -0.00519. The Bertz CT molecular complexity index is 363. The second kappa shape index (κ2) is 4.42. The third-order valence-electron chi connectivity index (χ3n) is 3.09. The predicted molar refractivity (Wildman–Crippen MR) is 64.6 cm³/mol. The molecular weight excluding hydrogens is 278 g/mol. The van der Waals surface area contributed by atoms with Crippen molar-refractivity contribution in [1.82, 2.24) is 0 Å². The summed E-state index contributed by atoms with van der Waals surface area (Å²) < 4.78 is 13.5. The van der Waals surface area contributed by atoms with E-state index in [1.54, 1.807) is 12.1 Å². The number of benzene rings is 1. The monoisotopic (exact) mass is 290 g/mol. The van der Waals surface area contributed by atoms with Gasteiger partial charge in [-0.05, 0) is 58.3 Å². The second-order valence-electron chi connectivity index (χ2n) is 4.27. The number of halogens is 3. The van der Waals surface area contributed by atoms with Crippen LogP contribution in [0.25, 0.3) is 0 Å². The van der Waals surface area contributed by atoms with Crippen molar-refractivity contribution in [3.8, 4) is 0 Å². The van der Waals surface area contributed by atoms with Gasteiger partial charge in [0.2, 0.25) is 0 Å². The van der Waals surface area contributed by atoms with Gasteiger partial charge in [0.25, 0.3) is 0 Å². The average molecular weight is 292 g/mol. The van der Waals surface area contributed by atoms with Crippen LogP contribution in [0.2, 0.25) is 0 Å². The zero-order chi connectivity index (χ0) is 11.0. The van der Waals surface area contributed by atoms with E-state index >= 15 is 0 Å². The summed E-state index contributed by atoms with van der Waals surface area (Å²) in [4.78, 5) is 0. The molecule has 0 spiro atoms. The molecule has 1 aliphatic carbocycles. The van der Waals surface area contributed by atoms with Gasteiger partial charge in [0.1, 0.15) is 5.82 Å². The van der Waals surface area contributed by atoms with Gasteiger partial charge in [0.15, 0.2) is 0 Å². The van der Waals surface area contributed by atoms with Crippen LogP contribution < -0.4 is 0 Å². The lowest BCUT2D eigenvalue weighted by molar-refractivity contribution is 0.490. The molecule has 0 nitrogen and oxygen atoms in total. The van der Waals surface area contributed by atoms with E-state index in [-0.39, 0.29) is 11.2 Å².